The van der Waals surface area contributed by atoms with Gasteiger partial charge in [0.25, 0.3) is 0 Å². The predicted molar refractivity (Wildman–Crippen MR) is 71.1 cm³/mol. The summed E-state index contributed by atoms with van der Waals surface area (Å²) in [5.74, 6) is 0. The molecule has 1 aromatic carbocycles. The predicted octanol–water partition coefficient (Wildman–Crippen LogP) is -0.455. The van der Waals surface area contributed by atoms with E-state index in [0.29, 0.717) is 0 Å². The minimum absolute atomic E-state index is 0. The molecule has 19 heavy (non-hydrogen) atoms. The topological polar surface area (TPSA) is 29.7 Å². The lowest BCUT2D eigenvalue weighted by molar-refractivity contribution is -0.687. The van der Waals surface area contributed by atoms with E-state index in [1.54, 1.807) is 6.20 Å². The monoisotopic (exact) mass is 333 g/mol. The second kappa shape index (κ2) is 6.54. The zero-order valence-corrected chi connectivity index (χ0v) is 12.5. The van der Waals surface area contributed by atoms with E-state index in [1.165, 1.54) is 17.3 Å². The molecular weight excluding hydrogens is 322 g/mol. The first-order chi connectivity index (χ1) is 8.92. The fourth-order valence-electron chi connectivity index (χ4n) is 1.86. The molecule has 96 valence electrons. The Bertz CT molecular complexity index is 626. The largest absolute Gasteiger partial charge is 1.00 e. The van der Waals surface area contributed by atoms with Crippen molar-refractivity contribution in [2.75, 3.05) is 0 Å². The summed E-state index contributed by atoms with van der Waals surface area (Å²) in [6, 6.07) is 14.5. The number of rotatable bonds is 3. The molecule has 0 fully saturated rings. The summed E-state index contributed by atoms with van der Waals surface area (Å²) in [6.07, 6.45) is 5.97. The van der Waals surface area contributed by atoms with Gasteiger partial charge in [-0.3, -0.25) is 0 Å². The smallest absolute Gasteiger partial charge is 0.178 e. The van der Waals surface area contributed by atoms with Gasteiger partial charge in [-0.05, 0) is 6.07 Å². The second-order valence-electron chi connectivity index (χ2n) is 4.04. The normalized spacial score (nSPS) is 9.89. The Hall–Kier alpha value is -1.59. The van der Waals surface area contributed by atoms with Crippen LogP contribution in [0.1, 0.15) is 5.56 Å². The minimum atomic E-state index is 0. The molecule has 5 heteroatoms. The van der Waals surface area contributed by atoms with Crippen LogP contribution in [0, 0.1) is 0 Å². The number of halogens is 1. The number of hydrogen-bond acceptors (Lipinski definition) is 3. The highest BCUT2D eigenvalue weighted by atomic mass is 79.9. The lowest BCUT2D eigenvalue weighted by Crippen LogP contribution is -3.00. The van der Waals surface area contributed by atoms with Gasteiger partial charge in [-0.2, -0.15) is 8.75 Å². The molecular formula is C14H12BrN3S. The Balaban J connectivity index is 0.00000133. The standard InChI is InChI=1S/C14H12N3S.BrH/c1-2-5-12(6-3-1)10-17-8-4-7-13(11-17)14-9-15-18-16-14;/h1-9,11H,10H2;1H/q+1;/p-1. The molecule has 0 saturated carbocycles. The number of aromatic nitrogens is 3. The highest BCUT2D eigenvalue weighted by Gasteiger charge is 2.07. The Morgan fingerprint density at radius 2 is 1.89 bits per heavy atom. The maximum atomic E-state index is 4.25. The minimum Gasteiger partial charge on any atom is -1.00 e. The summed E-state index contributed by atoms with van der Waals surface area (Å²) >= 11 is 1.24. The van der Waals surface area contributed by atoms with E-state index in [4.69, 9.17) is 0 Å². The second-order valence-corrected chi connectivity index (χ2v) is 4.60. The molecule has 0 aliphatic carbocycles. The number of nitrogens with zero attached hydrogens (tertiary/aromatic N) is 3. The number of hydrogen-bond donors (Lipinski definition) is 0. The van der Waals surface area contributed by atoms with E-state index < -0.39 is 0 Å². The van der Waals surface area contributed by atoms with Crippen LogP contribution >= 0.6 is 11.7 Å². The number of benzene rings is 1. The average Bonchev–Trinajstić information content (AvgIpc) is 2.94. The third kappa shape index (κ3) is 3.45. The number of pyridine rings is 1. The Morgan fingerprint density at radius 3 is 2.63 bits per heavy atom. The molecule has 2 aromatic heterocycles. The van der Waals surface area contributed by atoms with Gasteiger partial charge in [0.1, 0.15) is 5.69 Å². The third-order valence-electron chi connectivity index (χ3n) is 2.72. The van der Waals surface area contributed by atoms with Crippen molar-refractivity contribution in [3.63, 3.8) is 0 Å². The zero-order chi connectivity index (χ0) is 12.2. The molecule has 0 radical (unpaired) electrons. The molecule has 0 amide bonds. The lowest BCUT2D eigenvalue weighted by Gasteiger charge is -1.99. The molecule has 0 unspecified atom stereocenters. The highest BCUT2D eigenvalue weighted by molar-refractivity contribution is 6.99. The van der Waals surface area contributed by atoms with E-state index in [0.717, 1.165) is 17.8 Å². The molecule has 3 rings (SSSR count). The Kier molecular flexibility index (Phi) is 4.76. The molecule has 0 saturated heterocycles. The third-order valence-corrected chi connectivity index (χ3v) is 3.20. The summed E-state index contributed by atoms with van der Waals surface area (Å²) in [4.78, 5) is 0. The van der Waals surface area contributed by atoms with E-state index in [2.05, 4.69) is 56.0 Å². The molecule has 3 nitrogen and oxygen atoms in total. The summed E-state index contributed by atoms with van der Waals surface area (Å²) < 4.78 is 10.4. The van der Waals surface area contributed by atoms with Crippen molar-refractivity contribution >= 4 is 11.7 Å². The van der Waals surface area contributed by atoms with Gasteiger partial charge in [-0.25, -0.2) is 4.57 Å². The van der Waals surface area contributed by atoms with Crippen LogP contribution in [-0.2, 0) is 6.54 Å². The van der Waals surface area contributed by atoms with Crippen molar-refractivity contribution in [2.45, 2.75) is 6.54 Å². The van der Waals surface area contributed by atoms with Gasteiger partial charge >= 0.3 is 0 Å². The van der Waals surface area contributed by atoms with E-state index in [-0.39, 0.29) is 17.0 Å². The van der Waals surface area contributed by atoms with E-state index in [1.807, 2.05) is 12.1 Å². The molecule has 3 aromatic rings. The van der Waals surface area contributed by atoms with Gasteiger partial charge in [-0.15, -0.1) is 0 Å². The molecule has 0 spiro atoms. The first-order valence-electron chi connectivity index (χ1n) is 5.73. The summed E-state index contributed by atoms with van der Waals surface area (Å²) in [7, 11) is 0. The van der Waals surface area contributed by atoms with E-state index in [9.17, 15) is 0 Å². The SMILES string of the molecule is [Br-].c1ccc(C[n+]2cccc(-c3cnsn3)c2)cc1. The Morgan fingerprint density at radius 1 is 1.05 bits per heavy atom. The van der Waals surface area contributed by atoms with Crippen molar-refractivity contribution in [3.8, 4) is 11.3 Å². The van der Waals surface area contributed by atoms with Crippen LogP contribution in [0.2, 0.25) is 0 Å². The van der Waals surface area contributed by atoms with Gasteiger partial charge < -0.3 is 17.0 Å². The summed E-state index contributed by atoms with van der Waals surface area (Å²) in [6.45, 7) is 0.867. The fraction of sp³-hybridized carbons (Fsp3) is 0.0714. The lowest BCUT2D eigenvalue weighted by atomic mass is 10.2. The van der Waals surface area contributed by atoms with Gasteiger partial charge in [0.2, 0.25) is 0 Å². The van der Waals surface area contributed by atoms with Crippen LogP contribution in [0.5, 0.6) is 0 Å². The summed E-state index contributed by atoms with van der Waals surface area (Å²) in [5.41, 5.74) is 3.32. The van der Waals surface area contributed by atoms with Crippen LogP contribution in [0.25, 0.3) is 11.3 Å². The van der Waals surface area contributed by atoms with Crippen molar-refractivity contribution in [2.24, 2.45) is 0 Å². The van der Waals surface area contributed by atoms with Crippen LogP contribution < -0.4 is 21.5 Å². The van der Waals surface area contributed by atoms with E-state index >= 15 is 0 Å². The van der Waals surface area contributed by atoms with Crippen LogP contribution in [0.15, 0.2) is 61.1 Å². The average molecular weight is 334 g/mol. The molecule has 0 atom stereocenters. The van der Waals surface area contributed by atoms with Gasteiger partial charge in [0.05, 0.1) is 23.5 Å². The van der Waals surface area contributed by atoms with Crippen LogP contribution in [-0.4, -0.2) is 8.75 Å². The van der Waals surface area contributed by atoms with Gasteiger partial charge in [-0.1, -0.05) is 30.3 Å². The maximum absolute atomic E-state index is 4.25. The zero-order valence-electron chi connectivity index (χ0n) is 10.1. The molecule has 0 aliphatic heterocycles. The van der Waals surface area contributed by atoms with Crippen molar-refractivity contribution < 1.29 is 21.5 Å². The molecule has 0 N–H and O–H groups in total. The highest BCUT2D eigenvalue weighted by Crippen LogP contribution is 2.14. The Labute approximate surface area is 126 Å². The van der Waals surface area contributed by atoms with Gasteiger partial charge in [0, 0.05) is 11.6 Å². The maximum Gasteiger partial charge on any atom is 0.178 e. The van der Waals surface area contributed by atoms with Crippen LogP contribution in [0.4, 0.5) is 0 Å². The van der Waals surface area contributed by atoms with Crippen molar-refractivity contribution in [3.05, 3.63) is 66.6 Å². The summed E-state index contributed by atoms with van der Waals surface area (Å²) in [5, 5.41) is 0. The molecule has 0 aliphatic rings. The van der Waals surface area contributed by atoms with Crippen LogP contribution in [0.3, 0.4) is 0 Å². The first-order valence-corrected chi connectivity index (χ1v) is 6.46. The van der Waals surface area contributed by atoms with Gasteiger partial charge in [0.15, 0.2) is 18.9 Å². The quantitative estimate of drug-likeness (QED) is 0.607. The van der Waals surface area contributed by atoms with Crippen molar-refractivity contribution in [1.82, 2.24) is 8.75 Å². The first kappa shape index (κ1) is 13.8. The molecule has 2 heterocycles. The van der Waals surface area contributed by atoms with Crippen molar-refractivity contribution in [1.29, 1.82) is 0 Å². The fourth-order valence-corrected chi connectivity index (χ4v) is 2.29. The molecule has 0 bridgehead atoms.